The lowest BCUT2D eigenvalue weighted by Crippen LogP contribution is -2.01. The quantitative estimate of drug-likeness (QED) is 0.269. The summed E-state index contributed by atoms with van der Waals surface area (Å²) in [5.41, 5.74) is 3.03. The van der Waals surface area contributed by atoms with E-state index in [2.05, 4.69) is 25.8 Å². The lowest BCUT2D eigenvalue weighted by molar-refractivity contribution is 0.395. The van der Waals surface area contributed by atoms with Crippen molar-refractivity contribution in [1.29, 1.82) is 0 Å². The molecule has 0 bridgehead atoms. The van der Waals surface area contributed by atoms with Gasteiger partial charge in [-0.25, -0.2) is 9.97 Å². The van der Waals surface area contributed by atoms with Gasteiger partial charge < -0.3 is 24.5 Å². The highest BCUT2D eigenvalue weighted by Gasteiger charge is 2.27. The minimum atomic E-state index is 0.245. The van der Waals surface area contributed by atoms with Crippen molar-refractivity contribution in [3.8, 4) is 34.2 Å². The van der Waals surface area contributed by atoms with Crippen LogP contribution in [0.15, 0.2) is 47.1 Å². The van der Waals surface area contributed by atoms with E-state index in [9.17, 15) is 0 Å². The van der Waals surface area contributed by atoms with E-state index >= 15 is 0 Å². The zero-order valence-corrected chi connectivity index (χ0v) is 21.3. The first kappa shape index (κ1) is 23.7. The summed E-state index contributed by atoms with van der Waals surface area (Å²) in [4.78, 5) is 9.24. The predicted molar refractivity (Wildman–Crippen MR) is 139 cm³/mol. The number of aryl methyl sites for hydroxylation is 1. The molecule has 184 valence electrons. The van der Waals surface area contributed by atoms with Gasteiger partial charge in [-0.1, -0.05) is 34.4 Å². The Bertz CT molecular complexity index is 1580. The van der Waals surface area contributed by atoms with Crippen LogP contribution in [-0.2, 0) is 0 Å². The first-order chi connectivity index (χ1) is 17.4. The molecule has 0 spiro atoms. The number of aromatic nitrogens is 5. The number of anilines is 3. The number of benzene rings is 2. The summed E-state index contributed by atoms with van der Waals surface area (Å²) in [5, 5.41) is 15.4. The van der Waals surface area contributed by atoms with Crippen LogP contribution >= 0.6 is 23.2 Å². The molecule has 2 N–H and O–H groups in total. The minimum Gasteiger partial charge on any atom is -0.497 e. The number of hydrogen-bond acceptors (Lipinski definition) is 9. The van der Waals surface area contributed by atoms with Crippen LogP contribution < -0.4 is 20.1 Å². The molecule has 0 aliphatic heterocycles. The van der Waals surface area contributed by atoms with Gasteiger partial charge in [0.15, 0.2) is 0 Å². The Morgan fingerprint density at radius 3 is 2.64 bits per heavy atom. The maximum atomic E-state index is 6.64. The molecule has 12 heteroatoms. The summed E-state index contributed by atoms with van der Waals surface area (Å²) in [6, 6.07) is 9.22. The summed E-state index contributed by atoms with van der Waals surface area (Å²) in [6.45, 7) is 1.90. The Hall–Kier alpha value is -4.02. The lowest BCUT2D eigenvalue weighted by Gasteiger charge is -2.16. The normalized spacial score (nSPS) is 11.1. The van der Waals surface area contributed by atoms with Crippen molar-refractivity contribution < 1.29 is 13.9 Å². The molecule has 0 amide bonds. The van der Waals surface area contributed by atoms with E-state index in [0.717, 1.165) is 5.56 Å². The van der Waals surface area contributed by atoms with E-state index in [0.29, 0.717) is 55.6 Å². The maximum absolute atomic E-state index is 6.64. The van der Waals surface area contributed by atoms with Gasteiger partial charge in [-0.05, 0) is 30.7 Å². The van der Waals surface area contributed by atoms with Crippen LogP contribution in [0.3, 0.4) is 0 Å². The van der Waals surface area contributed by atoms with Crippen LogP contribution in [0.1, 0.15) is 5.56 Å². The van der Waals surface area contributed by atoms with Gasteiger partial charge in [0, 0.05) is 25.5 Å². The fourth-order valence-corrected chi connectivity index (χ4v) is 4.25. The molecule has 0 aliphatic rings. The highest BCUT2D eigenvalue weighted by Crippen LogP contribution is 2.46. The third-order valence-electron chi connectivity index (χ3n) is 5.57. The molecule has 0 aliphatic carbocycles. The number of hydrogen-bond donors (Lipinski definition) is 2. The zero-order chi connectivity index (χ0) is 25.4. The van der Waals surface area contributed by atoms with E-state index in [1.807, 2.05) is 19.2 Å². The Labute approximate surface area is 216 Å². The Balaban J connectivity index is 1.82. The van der Waals surface area contributed by atoms with Crippen molar-refractivity contribution in [2.75, 3.05) is 31.9 Å². The number of methoxy groups -OCH3 is 2. The van der Waals surface area contributed by atoms with Crippen molar-refractivity contribution in [2.45, 2.75) is 6.92 Å². The van der Waals surface area contributed by atoms with E-state index in [1.54, 1.807) is 56.1 Å². The minimum absolute atomic E-state index is 0.245. The van der Waals surface area contributed by atoms with Crippen molar-refractivity contribution in [3.05, 3.63) is 58.3 Å². The zero-order valence-electron chi connectivity index (χ0n) is 19.8. The van der Waals surface area contributed by atoms with Gasteiger partial charge >= 0.3 is 6.01 Å². The smallest absolute Gasteiger partial charge is 0.315 e. The van der Waals surface area contributed by atoms with E-state index in [4.69, 9.17) is 42.1 Å². The molecule has 36 heavy (non-hydrogen) atoms. The van der Waals surface area contributed by atoms with Gasteiger partial charge in [0.2, 0.25) is 5.78 Å². The van der Waals surface area contributed by atoms with Crippen LogP contribution in [0, 0.1) is 6.92 Å². The number of ether oxygens (including phenoxy) is 2. The predicted octanol–water partition coefficient (Wildman–Crippen LogP) is 5.86. The number of nitrogens with one attached hydrogen (secondary N) is 2. The SMILES string of the molecule is CNc1nnc(-c2cc(OC)cc(OC)c2-c2nc3ncccn3c2Nc2c(Cl)ccc(C)c2Cl)o1. The second-order valence-electron chi connectivity index (χ2n) is 7.69. The second kappa shape index (κ2) is 9.56. The fraction of sp³-hybridized carbons (Fsp3) is 0.167. The van der Waals surface area contributed by atoms with Gasteiger partial charge in [0.25, 0.3) is 5.89 Å². The average Bonchev–Trinajstić information content (AvgIpc) is 3.53. The van der Waals surface area contributed by atoms with Crippen LogP contribution in [0.5, 0.6) is 11.5 Å². The molecule has 5 rings (SSSR count). The van der Waals surface area contributed by atoms with Gasteiger partial charge in [-0.15, -0.1) is 5.10 Å². The lowest BCUT2D eigenvalue weighted by atomic mass is 10.0. The molecule has 2 aromatic carbocycles. The van der Waals surface area contributed by atoms with Gasteiger partial charge in [-0.2, -0.15) is 0 Å². The average molecular weight is 526 g/mol. The van der Waals surface area contributed by atoms with E-state index in [-0.39, 0.29) is 11.9 Å². The van der Waals surface area contributed by atoms with Crippen molar-refractivity contribution in [1.82, 2.24) is 24.6 Å². The van der Waals surface area contributed by atoms with Crippen molar-refractivity contribution >= 4 is 46.5 Å². The van der Waals surface area contributed by atoms with Crippen LogP contribution in [0.4, 0.5) is 17.5 Å². The molecule has 0 saturated carbocycles. The Morgan fingerprint density at radius 1 is 1.08 bits per heavy atom. The number of imidazole rings is 1. The number of fused-ring (bicyclic) bond motifs is 1. The molecule has 3 heterocycles. The monoisotopic (exact) mass is 525 g/mol. The first-order valence-electron chi connectivity index (χ1n) is 10.8. The standard InChI is InChI=1S/C24H21Cl2N7O3/c1-12-6-7-15(25)19(18(12)26)29-21-20(30-23-28-8-5-9-33(21)23)17-14(22-31-32-24(27-2)36-22)10-13(34-3)11-16(17)35-4/h5-11,29H,1-4H3,(H,27,32). The molecule has 3 aromatic heterocycles. The number of rotatable bonds is 7. The Kier molecular flexibility index (Phi) is 6.29. The molecular weight excluding hydrogens is 505 g/mol. The summed E-state index contributed by atoms with van der Waals surface area (Å²) in [7, 11) is 4.81. The van der Waals surface area contributed by atoms with Crippen molar-refractivity contribution in [2.24, 2.45) is 0 Å². The van der Waals surface area contributed by atoms with Crippen LogP contribution in [0.2, 0.25) is 10.0 Å². The molecule has 0 unspecified atom stereocenters. The van der Waals surface area contributed by atoms with Gasteiger partial charge in [0.1, 0.15) is 23.0 Å². The van der Waals surface area contributed by atoms with Crippen LogP contribution in [0.25, 0.3) is 28.5 Å². The molecule has 0 saturated heterocycles. The van der Waals surface area contributed by atoms with Crippen LogP contribution in [-0.4, -0.2) is 45.8 Å². The molecule has 0 atom stereocenters. The summed E-state index contributed by atoms with van der Waals surface area (Å²) >= 11 is 13.2. The third kappa shape index (κ3) is 4.04. The van der Waals surface area contributed by atoms with E-state index < -0.39 is 0 Å². The van der Waals surface area contributed by atoms with Gasteiger partial charge in [0.05, 0.1) is 41.1 Å². The second-order valence-corrected chi connectivity index (χ2v) is 8.48. The highest BCUT2D eigenvalue weighted by molar-refractivity contribution is 6.39. The largest absolute Gasteiger partial charge is 0.497 e. The van der Waals surface area contributed by atoms with E-state index in [1.165, 1.54) is 0 Å². The summed E-state index contributed by atoms with van der Waals surface area (Å²) in [5.74, 6) is 2.26. The fourth-order valence-electron chi connectivity index (χ4n) is 3.79. The van der Waals surface area contributed by atoms with Gasteiger partial charge in [-0.3, -0.25) is 4.40 Å². The molecule has 5 aromatic rings. The first-order valence-corrected chi connectivity index (χ1v) is 11.5. The highest BCUT2D eigenvalue weighted by atomic mass is 35.5. The molecule has 0 fully saturated rings. The maximum Gasteiger partial charge on any atom is 0.315 e. The third-order valence-corrected chi connectivity index (χ3v) is 6.37. The molecule has 10 nitrogen and oxygen atoms in total. The van der Waals surface area contributed by atoms with Crippen molar-refractivity contribution in [3.63, 3.8) is 0 Å². The molecular formula is C24H21Cl2N7O3. The summed E-state index contributed by atoms with van der Waals surface area (Å²) < 4.78 is 18.9. The Morgan fingerprint density at radius 2 is 1.92 bits per heavy atom. The topological polar surface area (TPSA) is 112 Å². The number of nitrogens with zero attached hydrogens (tertiary/aromatic N) is 5. The summed E-state index contributed by atoms with van der Waals surface area (Å²) in [6.07, 6.45) is 3.49. The number of halogens is 2. The molecule has 0 radical (unpaired) electrons.